The molecule has 0 aromatic heterocycles. The molecule has 6 rings (SSSR count). The standard InChI is InChI=1S/C38H34ClF6NO5/c1-2-6-21(13-22-10-11-27(47)18-31(22)39)9-12-32-33-23(19-50-28-7-4-3-5-8-28)14-29-34(30(33)20-51-32)36(49)46(35(29)48)26-16-24(37(40,41)42)15-25(17-26)38(43,44)45/h3-5,7-8,10-11,13,15-18,29-30,32,34,47H,2,6,9,12,14,19-20H2,1H3/b21-13+/t29-,30+,32-,34-/m1/s1. The van der Waals surface area contributed by atoms with Crippen molar-refractivity contribution in [2.24, 2.45) is 17.8 Å². The van der Waals surface area contributed by atoms with Gasteiger partial charge in [0.2, 0.25) is 11.8 Å². The van der Waals surface area contributed by atoms with E-state index in [0.29, 0.717) is 46.2 Å². The highest BCUT2D eigenvalue weighted by molar-refractivity contribution is 6.32. The number of alkyl halides is 6. The zero-order chi connectivity index (χ0) is 36.7. The Morgan fingerprint density at radius 2 is 1.63 bits per heavy atom. The lowest BCUT2D eigenvalue weighted by atomic mass is 9.69. The predicted molar refractivity (Wildman–Crippen MR) is 178 cm³/mol. The fraction of sp³-hybridized carbons (Fsp3) is 0.368. The van der Waals surface area contributed by atoms with Gasteiger partial charge in [0.05, 0.1) is 46.4 Å². The van der Waals surface area contributed by atoms with Crippen LogP contribution in [0.5, 0.6) is 11.5 Å². The van der Waals surface area contributed by atoms with Crippen molar-refractivity contribution in [3.05, 3.63) is 105 Å². The summed E-state index contributed by atoms with van der Waals surface area (Å²) in [5, 5.41) is 10.2. The molecule has 1 N–H and O–H groups in total. The Morgan fingerprint density at radius 1 is 0.941 bits per heavy atom. The number of fused-ring (bicyclic) bond motifs is 3. The Kier molecular flexibility index (Phi) is 10.3. The third-order valence-corrected chi connectivity index (χ3v) is 9.96. The van der Waals surface area contributed by atoms with Crippen LogP contribution in [0.25, 0.3) is 6.08 Å². The Balaban J connectivity index is 1.33. The summed E-state index contributed by atoms with van der Waals surface area (Å²) in [6.45, 7) is 2.12. The maximum Gasteiger partial charge on any atom is 0.416 e. The fourth-order valence-corrected chi connectivity index (χ4v) is 7.60. The van der Waals surface area contributed by atoms with Crippen LogP contribution in [-0.4, -0.2) is 36.2 Å². The Bertz CT molecular complexity index is 1840. The fourth-order valence-electron chi connectivity index (χ4n) is 7.37. The number of phenolic OH excluding ortho intramolecular Hbond substituents is 1. The Hall–Kier alpha value is -4.29. The van der Waals surface area contributed by atoms with Crippen LogP contribution in [-0.2, 0) is 26.7 Å². The highest BCUT2D eigenvalue weighted by Gasteiger charge is 2.58. The minimum atomic E-state index is -5.16. The van der Waals surface area contributed by atoms with E-state index < -0.39 is 64.8 Å². The number of benzene rings is 3. The molecule has 0 radical (unpaired) electrons. The number of hydrogen-bond donors (Lipinski definition) is 1. The maximum absolute atomic E-state index is 14.0. The smallest absolute Gasteiger partial charge is 0.416 e. The highest BCUT2D eigenvalue weighted by Crippen LogP contribution is 2.51. The number of hydrogen-bond acceptors (Lipinski definition) is 5. The molecule has 1 aliphatic carbocycles. The topological polar surface area (TPSA) is 76.1 Å². The number of amides is 2. The van der Waals surface area contributed by atoms with Gasteiger partial charge in [-0.25, -0.2) is 4.90 Å². The van der Waals surface area contributed by atoms with Gasteiger partial charge in [0, 0.05) is 5.92 Å². The molecule has 3 aromatic rings. The first-order valence-electron chi connectivity index (χ1n) is 16.5. The summed E-state index contributed by atoms with van der Waals surface area (Å²) in [5.41, 5.74) is -0.732. The first kappa shape index (κ1) is 36.5. The second-order valence-corrected chi connectivity index (χ2v) is 13.4. The van der Waals surface area contributed by atoms with Crippen molar-refractivity contribution < 1.29 is 50.5 Å². The van der Waals surface area contributed by atoms with Gasteiger partial charge in [0.1, 0.15) is 18.1 Å². The normalized spacial score (nSPS) is 22.4. The van der Waals surface area contributed by atoms with E-state index in [9.17, 15) is 41.0 Å². The SMILES string of the molecule is CCC/C(=C\c1ccc(O)cc1Cl)CC[C@H]1OC[C@H]2C1=C(COc1ccccc1)C[C@H]1C(=O)N(c3cc(C(F)(F)F)cc(C(F)(F)F)c3)C(=O)[C@H]12. The van der Waals surface area contributed by atoms with Gasteiger partial charge in [-0.2, -0.15) is 26.3 Å². The molecule has 2 heterocycles. The molecular formula is C38H34ClF6NO5. The van der Waals surface area contributed by atoms with E-state index in [1.807, 2.05) is 19.1 Å². The molecule has 6 nitrogen and oxygen atoms in total. The van der Waals surface area contributed by atoms with Crippen molar-refractivity contribution in [3.63, 3.8) is 0 Å². The van der Waals surface area contributed by atoms with E-state index in [-0.39, 0.29) is 31.5 Å². The second kappa shape index (κ2) is 14.4. The van der Waals surface area contributed by atoms with Gasteiger partial charge in [0.15, 0.2) is 0 Å². The number of nitrogens with zero attached hydrogens (tertiary/aromatic N) is 1. The van der Waals surface area contributed by atoms with Crippen molar-refractivity contribution in [3.8, 4) is 11.5 Å². The second-order valence-electron chi connectivity index (χ2n) is 13.0. The average molecular weight is 734 g/mol. The summed E-state index contributed by atoms with van der Waals surface area (Å²) < 4.78 is 94.7. The van der Waals surface area contributed by atoms with Crippen LogP contribution >= 0.6 is 11.6 Å². The van der Waals surface area contributed by atoms with E-state index in [4.69, 9.17) is 21.1 Å². The van der Waals surface area contributed by atoms with Crippen molar-refractivity contribution in [2.45, 2.75) is 57.5 Å². The molecule has 4 atom stereocenters. The van der Waals surface area contributed by atoms with Gasteiger partial charge in [0.25, 0.3) is 0 Å². The van der Waals surface area contributed by atoms with E-state index in [2.05, 4.69) is 0 Å². The van der Waals surface area contributed by atoms with Crippen molar-refractivity contribution in [1.29, 1.82) is 0 Å². The lowest BCUT2D eigenvalue weighted by Crippen LogP contribution is -2.35. The lowest BCUT2D eigenvalue weighted by molar-refractivity contribution is -0.143. The number of ether oxygens (including phenoxy) is 2. The maximum atomic E-state index is 14.0. The molecule has 13 heteroatoms. The summed E-state index contributed by atoms with van der Waals surface area (Å²) in [6.07, 6.45) is -6.14. The van der Waals surface area contributed by atoms with Crippen LogP contribution in [0.2, 0.25) is 5.02 Å². The van der Waals surface area contributed by atoms with Crippen LogP contribution in [0, 0.1) is 17.8 Å². The molecule has 3 aromatic carbocycles. The minimum Gasteiger partial charge on any atom is -0.508 e. The van der Waals surface area contributed by atoms with Crippen molar-refractivity contribution in [1.82, 2.24) is 0 Å². The molecule has 0 unspecified atom stereocenters. The minimum absolute atomic E-state index is 0.0239. The number of phenols is 1. The summed E-state index contributed by atoms with van der Waals surface area (Å²) in [7, 11) is 0. The number of imide groups is 1. The predicted octanol–water partition coefficient (Wildman–Crippen LogP) is 9.65. The number of aromatic hydroxyl groups is 1. The van der Waals surface area contributed by atoms with E-state index in [0.717, 1.165) is 29.6 Å². The quantitative estimate of drug-likeness (QED) is 0.128. The lowest BCUT2D eigenvalue weighted by Gasteiger charge is -2.31. The molecule has 51 heavy (non-hydrogen) atoms. The Labute approximate surface area is 295 Å². The summed E-state index contributed by atoms with van der Waals surface area (Å²) in [5.74, 6) is -3.83. The molecule has 0 spiro atoms. The molecule has 2 fully saturated rings. The van der Waals surface area contributed by atoms with Gasteiger partial charge in [-0.05, 0) is 90.9 Å². The number of carbonyl (C=O) groups is 2. The summed E-state index contributed by atoms with van der Waals surface area (Å²) in [6, 6.07) is 14.4. The van der Waals surface area contributed by atoms with Gasteiger partial charge in [-0.15, -0.1) is 0 Å². The van der Waals surface area contributed by atoms with Gasteiger partial charge >= 0.3 is 12.4 Å². The van der Waals surface area contributed by atoms with E-state index in [1.54, 1.807) is 36.4 Å². The molecule has 2 saturated heterocycles. The molecule has 270 valence electrons. The van der Waals surface area contributed by atoms with Gasteiger partial charge in [-0.1, -0.05) is 54.8 Å². The molecule has 2 amide bonds. The van der Waals surface area contributed by atoms with Crippen molar-refractivity contribution in [2.75, 3.05) is 18.1 Å². The van der Waals surface area contributed by atoms with Crippen LogP contribution in [0.1, 0.15) is 55.7 Å². The molecular weight excluding hydrogens is 700 g/mol. The third-order valence-electron chi connectivity index (χ3n) is 9.64. The number of anilines is 1. The van der Waals surface area contributed by atoms with Crippen LogP contribution < -0.4 is 9.64 Å². The Morgan fingerprint density at radius 3 is 2.25 bits per heavy atom. The molecule has 0 bridgehead atoms. The molecule has 0 saturated carbocycles. The zero-order valence-electron chi connectivity index (χ0n) is 27.4. The summed E-state index contributed by atoms with van der Waals surface area (Å²) >= 11 is 6.37. The van der Waals surface area contributed by atoms with E-state index in [1.165, 1.54) is 6.07 Å². The zero-order valence-corrected chi connectivity index (χ0v) is 28.1. The highest BCUT2D eigenvalue weighted by atomic mass is 35.5. The number of rotatable bonds is 10. The number of allylic oxidation sites excluding steroid dienone is 1. The number of halogens is 7. The van der Waals surface area contributed by atoms with Gasteiger partial charge < -0.3 is 14.6 Å². The molecule has 2 aliphatic heterocycles. The number of para-hydroxylation sites is 1. The van der Waals surface area contributed by atoms with Crippen LogP contribution in [0.4, 0.5) is 32.0 Å². The number of carbonyl (C=O) groups excluding carboxylic acids is 2. The van der Waals surface area contributed by atoms with Crippen LogP contribution in [0.15, 0.2) is 83.4 Å². The summed E-state index contributed by atoms with van der Waals surface area (Å²) in [4.78, 5) is 28.4. The molecule has 3 aliphatic rings. The van der Waals surface area contributed by atoms with Gasteiger partial charge in [-0.3, -0.25) is 9.59 Å². The first-order chi connectivity index (χ1) is 24.2. The third kappa shape index (κ3) is 7.67. The average Bonchev–Trinajstić information content (AvgIpc) is 3.61. The monoisotopic (exact) mass is 733 g/mol. The van der Waals surface area contributed by atoms with Crippen LogP contribution in [0.3, 0.4) is 0 Å². The van der Waals surface area contributed by atoms with Crippen molar-refractivity contribution >= 4 is 35.2 Å². The van der Waals surface area contributed by atoms with E-state index >= 15 is 0 Å². The first-order valence-corrected chi connectivity index (χ1v) is 16.9. The largest absolute Gasteiger partial charge is 0.508 e.